The van der Waals surface area contributed by atoms with Gasteiger partial charge in [0.05, 0.1) is 26.4 Å². The molecular weight excluding hydrogens is 509 g/mol. The van der Waals surface area contributed by atoms with E-state index in [9.17, 15) is 9.59 Å². The van der Waals surface area contributed by atoms with Gasteiger partial charge in [0.25, 0.3) is 0 Å². The number of benzene rings is 1. The third kappa shape index (κ3) is 6.46. The lowest BCUT2D eigenvalue weighted by Crippen LogP contribution is -2.54. The van der Waals surface area contributed by atoms with Crippen LogP contribution in [0.1, 0.15) is 45.6 Å². The van der Waals surface area contributed by atoms with Gasteiger partial charge in [0, 0.05) is 15.9 Å². The first-order chi connectivity index (χ1) is 13.6. The molecule has 29 heavy (non-hydrogen) atoms. The average molecular weight is 538 g/mol. The normalized spacial score (nSPS) is 21.9. The number of alkyl halides is 1. The van der Waals surface area contributed by atoms with Crippen LogP contribution in [0.5, 0.6) is 0 Å². The number of halogens is 2. The van der Waals surface area contributed by atoms with Gasteiger partial charge in [-0.1, -0.05) is 12.1 Å². The molecule has 2 rings (SSSR count). The molecule has 0 unspecified atom stereocenters. The van der Waals surface area contributed by atoms with Gasteiger partial charge in [-0.05, 0) is 73.9 Å². The van der Waals surface area contributed by atoms with Crippen LogP contribution >= 0.6 is 34.2 Å². The van der Waals surface area contributed by atoms with Gasteiger partial charge in [-0.25, -0.2) is 9.59 Å². The van der Waals surface area contributed by atoms with Crippen molar-refractivity contribution >= 4 is 46.3 Å². The molecule has 0 bridgehead atoms. The summed E-state index contributed by atoms with van der Waals surface area (Å²) in [6, 6.07) is 8.02. The van der Waals surface area contributed by atoms with E-state index in [1.165, 1.54) is 12.0 Å². The predicted molar refractivity (Wildman–Crippen MR) is 120 cm³/mol. The topological polar surface area (TPSA) is 65.1 Å². The van der Waals surface area contributed by atoms with Crippen LogP contribution in [0.25, 0.3) is 0 Å². The van der Waals surface area contributed by atoms with Gasteiger partial charge in [0.1, 0.15) is 11.1 Å². The Hall–Kier alpha value is -1.06. The second-order valence-electron chi connectivity index (χ2n) is 8.17. The third-order valence-electron chi connectivity index (χ3n) is 4.75. The molecule has 0 N–H and O–H groups in total. The summed E-state index contributed by atoms with van der Waals surface area (Å²) in [6.07, 6.45) is 0.456. The highest BCUT2D eigenvalue weighted by molar-refractivity contribution is 14.1. The van der Waals surface area contributed by atoms with Crippen molar-refractivity contribution in [2.24, 2.45) is 0 Å². The maximum Gasteiger partial charge on any atom is 0.411 e. The van der Waals surface area contributed by atoms with Crippen molar-refractivity contribution in [1.29, 1.82) is 0 Å². The fourth-order valence-electron chi connectivity index (χ4n) is 3.53. The monoisotopic (exact) mass is 537 g/mol. The minimum absolute atomic E-state index is 0.260. The first-order valence-electron chi connectivity index (χ1n) is 9.62. The predicted octanol–water partition coefficient (Wildman–Crippen LogP) is 4.75. The minimum Gasteiger partial charge on any atom is -0.467 e. The van der Waals surface area contributed by atoms with E-state index >= 15 is 0 Å². The molecule has 0 saturated carbocycles. The van der Waals surface area contributed by atoms with E-state index in [4.69, 9.17) is 25.8 Å². The third-order valence-corrected chi connectivity index (χ3v) is 5.68. The van der Waals surface area contributed by atoms with Gasteiger partial charge in [-0.3, -0.25) is 4.90 Å². The van der Waals surface area contributed by atoms with E-state index in [0.717, 1.165) is 9.13 Å². The molecule has 0 spiro atoms. The summed E-state index contributed by atoms with van der Waals surface area (Å²) < 4.78 is 17.9. The van der Waals surface area contributed by atoms with Crippen molar-refractivity contribution in [2.75, 3.05) is 19.5 Å². The number of ether oxygens (including phenoxy) is 3. The van der Waals surface area contributed by atoms with Crippen LogP contribution in [0, 0.1) is 3.57 Å². The Labute approximate surface area is 191 Å². The number of methoxy groups -OCH3 is 1. The van der Waals surface area contributed by atoms with Gasteiger partial charge in [0.15, 0.2) is 0 Å². The number of hydrogen-bond acceptors (Lipinski definition) is 5. The number of hydrogen-bond donors (Lipinski definition) is 0. The summed E-state index contributed by atoms with van der Waals surface area (Å²) in [4.78, 5) is 27.2. The summed E-state index contributed by atoms with van der Waals surface area (Å²) in [5, 5.41) is 0. The van der Waals surface area contributed by atoms with E-state index in [1.54, 1.807) is 20.8 Å². The Kier molecular flexibility index (Phi) is 8.60. The van der Waals surface area contributed by atoms with E-state index in [0.29, 0.717) is 31.7 Å². The zero-order valence-electron chi connectivity index (χ0n) is 17.4. The number of carbonyl (C=O) groups is 2. The van der Waals surface area contributed by atoms with Gasteiger partial charge in [-0.2, -0.15) is 0 Å². The van der Waals surface area contributed by atoms with Gasteiger partial charge in [0.2, 0.25) is 0 Å². The first kappa shape index (κ1) is 24.2. The Morgan fingerprint density at radius 3 is 2.66 bits per heavy atom. The van der Waals surface area contributed by atoms with Crippen LogP contribution < -0.4 is 0 Å². The van der Waals surface area contributed by atoms with Crippen molar-refractivity contribution in [3.63, 3.8) is 0 Å². The lowest BCUT2D eigenvalue weighted by atomic mass is 9.90. The zero-order valence-corrected chi connectivity index (χ0v) is 20.3. The fraction of sp³-hybridized carbons (Fsp3) is 0.619. The first-order valence-corrected chi connectivity index (χ1v) is 11.2. The molecule has 1 aromatic carbocycles. The van der Waals surface area contributed by atoms with Crippen LogP contribution in [0.15, 0.2) is 24.3 Å². The highest BCUT2D eigenvalue weighted by atomic mass is 127. The molecule has 8 heteroatoms. The van der Waals surface area contributed by atoms with Crippen LogP contribution in [0.4, 0.5) is 4.79 Å². The van der Waals surface area contributed by atoms with Crippen LogP contribution in [0.3, 0.4) is 0 Å². The molecule has 1 saturated heterocycles. The number of esters is 1. The Balaban J connectivity index is 2.23. The van der Waals surface area contributed by atoms with E-state index < -0.39 is 23.2 Å². The Morgan fingerprint density at radius 1 is 1.34 bits per heavy atom. The lowest BCUT2D eigenvalue weighted by Gasteiger charge is -2.36. The molecule has 0 aliphatic carbocycles. The Morgan fingerprint density at radius 2 is 2.07 bits per heavy atom. The largest absolute Gasteiger partial charge is 0.467 e. The van der Waals surface area contributed by atoms with Crippen molar-refractivity contribution in [1.82, 2.24) is 4.90 Å². The van der Waals surface area contributed by atoms with Crippen molar-refractivity contribution in [2.45, 2.75) is 63.9 Å². The molecular formula is C21H29ClINO5. The molecule has 1 amide bonds. The molecule has 1 aromatic rings. The number of carbonyl (C=O) groups excluding carboxylic acids is 2. The van der Waals surface area contributed by atoms with E-state index in [2.05, 4.69) is 22.6 Å². The SMILES string of the molecule is COC(=O)[C@]1(CCCCl)C[C@H](OCc2cccc(I)c2)CN1C(=O)OC(C)(C)C. The van der Waals surface area contributed by atoms with Crippen molar-refractivity contribution in [3.8, 4) is 0 Å². The summed E-state index contributed by atoms with van der Waals surface area (Å²) in [7, 11) is 1.33. The summed E-state index contributed by atoms with van der Waals surface area (Å²) >= 11 is 8.15. The highest BCUT2D eigenvalue weighted by Crippen LogP contribution is 2.38. The lowest BCUT2D eigenvalue weighted by molar-refractivity contribution is -0.153. The zero-order chi connectivity index (χ0) is 21.7. The molecule has 1 aliphatic heterocycles. The molecule has 1 aliphatic rings. The van der Waals surface area contributed by atoms with E-state index in [-0.39, 0.29) is 12.6 Å². The minimum atomic E-state index is -1.14. The molecule has 0 aromatic heterocycles. The van der Waals surface area contributed by atoms with Gasteiger partial charge < -0.3 is 14.2 Å². The standard InChI is InChI=1S/C21H29ClINO5/c1-20(2,3)29-19(26)24-13-17(28-14-15-7-5-8-16(23)11-15)12-21(24,9-6-10-22)18(25)27-4/h5,7-8,11,17H,6,9-10,12-14H2,1-4H3/t17-,21-/m0/s1. The van der Waals surface area contributed by atoms with Crippen LogP contribution in [-0.4, -0.2) is 53.7 Å². The number of rotatable bonds is 7. The number of amides is 1. The fourth-order valence-corrected chi connectivity index (χ4v) is 4.27. The molecule has 162 valence electrons. The van der Waals surface area contributed by atoms with Crippen LogP contribution in [0.2, 0.25) is 0 Å². The highest BCUT2D eigenvalue weighted by Gasteiger charge is 2.55. The van der Waals surface area contributed by atoms with Crippen LogP contribution in [-0.2, 0) is 25.6 Å². The number of likely N-dealkylation sites (tertiary alicyclic amines) is 1. The summed E-state index contributed by atoms with van der Waals surface area (Å²) in [5.74, 6) is -0.0802. The average Bonchev–Trinajstić information content (AvgIpc) is 3.03. The number of nitrogens with zero attached hydrogens (tertiary/aromatic N) is 1. The van der Waals surface area contributed by atoms with Crippen molar-refractivity contribution in [3.05, 3.63) is 33.4 Å². The summed E-state index contributed by atoms with van der Waals surface area (Å²) in [6.45, 7) is 6.05. The van der Waals surface area contributed by atoms with Gasteiger partial charge >= 0.3 is 12.1 Å². The maximum atomic E-state index is 12.9. The summed E-state index contributed by atoms with van der Waals surface area (Å²) in [5.41, 5.74) is -0.774. The maximum absolute atomic E-state index is 12.9. The Bertz CT molecular complexity index is 723. The smallest absolute Gasteiger partial charge is 0.411 e. The van der Waals surface area contributed by atoms with E-state index in [1.807, 2.05) is 24.3 Å². The molecule has 0 radical (unpaired) electrons. The second kappa shape index (κ2) is 10.3. The second-order valence-corrected chi connectivity index (χ2v) is 9.80. The molecule has 1 heterocycles. The van der Waals surface area contributed by atoms with Gasteiger partial charge in [-0.15, -0.1) is 11.6 Å². The molecule has 1 fully saturated rings. The molecule has 6 nitrogen and oxygen atoms in total. The molecule has 2 atom stereocenters. The van der Waals surface area contributed by atoms with Crippen molar-refractivity contribution < 1.29 is 23.8 Å². The quantitative estimate of drug-likeness (QED) is 0.285.